The van der Waals surface area contributed by atoms with Crippen LogP contribution < -0.4 is 5.32 Å². The maximum Gasteiger partial charge on any atom is 0.317 e. The van der Waals surface area contributed by atoms with Crippen LogP contribution in [0.25, 0.3) is 0 Å². The van der Waals surface area contributed by atoms with Crippen LogP contribution in [0.1, 0.15) is 43.2 Å². The Kier molecular flexibility index (Phi) is 4.86. The van der Waals surface area contributed by atoms with Gasteiger partial charge in [-0.1, -0.05) is 36.2 Å². The van der Waals surface area contributed by atoms with Gasteiger partial charge >= 0.3 is 6.03 Å². The average molecular weight is 370 g/mol. The molecule has 2 saturated carbocycles. The third-order valence-electron chi connectivity index (χ3n) is 5.67. The van der Waals surface area contributed by atoms with E-state index in [-0.39, 0.29) is 11.4 Å². The topological polar surface area (TPSA) is 45.2 Å². The lowest BCUT2D eigenvalue weighted by molar-refractivity contribution is 0.178. The van der Waals surface area contributed by atoms with Crippen LogP contribution in [0.3, 0.4) is 0 Å². The molecule has 0 unspecified atom stereocenters. The molecule has 136 valence electrons. The van der Waals surface area contributed by atoms with Gasteiger partial charge in [-0.05, 0) is 55.0 Å². The van der Waals surface area contributed by atoms with Gasteiger partial charge < -0.3 is 10.2 Å². The van der Waals surface area contributed by atoms with Crippen molar-refractivity contribution in [3.8, 4) is 0 Å². The molecule has 2 fully saturated rings. The lowest BCUT2D eigenvalue weighted by atomic mass is 9.64. The molecular formula is C21H24ClN3O. The molecule has 0 radical (unpaired) electrons. The Morgan fingerprint density at radius 1 is 1.23 bits per heavy atom. The molecule has 0 atom stereocenters. The van der Waals surface area contributed by atoms with Gasteiger partial charge in [0.15, 0.2) is 0 Å². The summed E-state index contributed by atoms with van der Waals surface area (Å²) in [4.78, 5) is 19.0. The van der Waals surface area contributed by atoms with Gasteiger partial charge in [0.05, 0.1) is 0 Å². The van der Waals surface area contributed by atoms with Crippen molar-refractivity contribution >= 4 is 17.6 Å². The summed E-state index contributed by atoms with van der Waals surface area (Å²) in [6.45, 7) is 1.31. The van der Waals surface area contributed by atoms with Gasteiger partial charge in [0.25, 0.3) is 0 Å². The summed E-state index contributed by atoms with van der Waals surface area (Å²) in [6, 6.07) is 12.4. The van der Waals surface area contributed by atoms with Crippen molar-refractivity contribution in [2.75, 3.05) is 6.54 Å². The van der Waals surface area contributed by atoms with E-state index in [1.165, 1.54) is 12.0 Å². The predicted octanol–water partition coefficient (Wildman–Crippen LogP) is 4.53. The number of hydrogen-bond donors (Lipinski definition) is 1. The summed E-state index contributed by atoms with van der Waals surface area (Å²) in [5.41, 5.74) is 2.41. The molecule has 5 heteroatoms. The van der Waals surface area contributed by atoms with E-state index in [1.54, 1.807) is 6.20 Å². The predicted molar refractivity (Wildman–Crippen MR) is 103 cm³/mol. The number of pyridine rings is 1. The number of urea groups is 1. The van der Waals surface area contributed by atoms with Crippen molar-refractivity contribution in [3.05, 3.63) is 64.9 Å². The van der Waals surface area contributed by atoms with E-state index in [0.29, 0.717) is 19.1 Å². The minimum Gasteiger partial charge on any atom is -0.337 e. The van der Waals surface area contributed by atoms with Crippen LogP contribution in [-0.2, 0) is 12.0 Å². The van der Waals surface area contributed by atoms with Crippen LogP contribution >= 0.6 is 11.6 Å². The maximum absolute atomic E-state index is 12.9. The van der Waals surface area contributed by atoms with Gasteiger partial charge in [-0.3, -0.25) is 4.98 Å². The molecule has 26 heavy (non-hydrogen) atoms. The molecule has 0 spiro atoms. The first kappa shape index (κ1) is 17.3. The number of aromatic nitrogens is 1. The van der Waals surface area contributed by atoms with Gasteiger partial charge in [-0.2, -0.15) is 0 Å². The highest BCUT2D eigenvalue weighted by Gasteiger charge is 2.40. The van der Waals surface area contributed by atoms with Crippen LogP contribution in [-0.4, -0.2) is 28.5 Å². The molecule has 4 rings (SSSR count). The Labute approximate surface area is 159 Å². The zero-order valence-corrected chi connectivity index (χ0v) is 15.6. The fourth-order valence-electron chi connectivity index (χ4n) is 3.76. The molecule has 2 aliphatic carbocycles. The first-order valence-corrected chi connectivity index (χ1v) is 9.74. The maximum atomic E-state index is 12.9. The smallest absolute Gasteiger partial charge is 0.317 e. The number of carbonyl (C=O) groups is 1. The first-order valence-electron chi connectivity index (χ1n) is 9.36. The Bertz CT molecular complexity index is 755. The molecule has 0 bridgehead atoms. The Morgan fingerprint density at radius 3 is 2.58 bits per heavy atom. The number of amides is 2. The molecule has 2 aromatic rings. The number of benzene rings is 1. The van der Waals surface area contributed by atoms with Gasteiger partial charge in [0, 0.05) is 42.0 Å². The number of hydrogen-bond acceptors (Lipinski definition) is 2. The summed E-state index contributed by atoms with van der Waals surface area (Å²) >= 11 is 6.03. The van der Waals surface area contributed by atoms with Crippen LogP contribution in [0.4, 0.5) is 4.79 Å². The van der Waals surface area contributed by atoms with E-state index in [0.717, 1.165) is 36.3 Å². The van der Waals surface area contributed by atoms with Crippen LogP contribution in [0.5, 0.6) is 0 Å². The molecule has 1 N–H and O–H groups in total. The number of rotatable bonds is 6. The second kappa shape index (κ2) is 7.28. The molecule has 0 aliphatic heterocycles. The van der Waals surface area contributed by atoms with Gasteiger partial charge in [0.2, 0.25) is 0 Å². The van der Waals surface area contributed by atoms with E-state index >= 15 is 0 Å². The summed E-state index contributed by atoms with van der Waals surface area (Å²) in [7, 11) is 0. The second-order valence-electron chi connectivity index (χ2n) is 7.52. The van der Waals surface area contributed by atoms with Crippen molar-refractivity contribution in [1.29, 1.82) is 0 Å². The van der Waals surface area contributed by atoms with E-state index in [9.17, 15) is 4.79 Å². The number of nitrogens with one attached hydrogen (secondary N) is 1. The zero-order valence-electron chi connectivity index (χ0n) is 14.8. The highest BCUT2D eigenvalue weighted by molar-refractivity contribution is 6.30. The van der Waals surface area contributed by atoms with E-state index in [4.69, 9.17) is 11.6 Å². The third kappa shape index (κ3) is 3.70. The van der Waals surface area contributed by atoms with Gasteiger partial charge in [-0.15, -0.1) is 0 Å². The van der Waals surface area contributed by atoms with Crippen molar-refractivity contribution in [2.45, 2.75) is 50.1 Å². The highest BCUT2D eigenvalue weighted by atomic mass is 35.5. The molecule has 1 aromatic heterocycles. The lowest BCUT2D eigenvalue weighted by Crippen LogP contribution is -2.49. The molecule has 1 aromatic carbocycles. The fraction of sp³-hybridized carbons (Fsp3) is 0.429. The molecular weight excluding hydrogens is 346 g/mol. The van der Waals surface area contributed by atoms with Crippen LogP contribution in [0.2, 0.25) is 5.02 Å². The van der Waals surface area contributed by atoms with Crippen molar-refractivity contribution in [3.63, 3.8) is 0 Å². The molecule has 2 aliphatic rings. The highest BCUT2D eigenvalue weighted by Crippen LogP contribution is 2.43. The third-order valence-corrected chi connectivity index (χ3v) is 5.92. The Hall–Kier alpha value is -2.07. The van der Waals surface area contributed by atoms with Crippen molar-refractivity contribution in [1.82, 2.24) is 15.2 Å². The van der Waals surface area contributed by atoms with Crippen LogP contribution in [0.15, 0.2) is 48.8 Å². The van der Waals surface area contributed by atoms with E-state index < -0.39 is 0 Å². The summed E-state index contributed by atoms with van der Waals surface area (Å²) in [6.07, 6.45) is 9.22. The minimum absolute atomic E-state index is 0.0385. The van der Waals surface area contributed by atoms with E-state index in [1.807, 2.05) is 35.4 Å². The minimum atomic E-state index is 0.0385. The largest absolute Gasteiger partial charge is 0.337 e. The average Bonchev–Trinajstić information content (AvgIpc) is 3.46. The number of carbonyl (C=O) groups excluding carboxylic acids is 1. The van der Waals surface area contributed by atoms with Crippen LogP contribution in [0, 0.1) is 0 Å². The van der Waals surface area contributed by atoms with Crippen molar-refractivity contribution in [2.24, 2.45) is 0 Å². The normalized spacial score (nSPS) is 18.0. The Morgan fingerprint density at radius 2 is 2.00 bits per heavy atom. The number of nitrogens with zero attached hydrogens (tertiary/aromatic N) is 2. The van der Waals surface area contributed by atoms with Crippen molar-refractivity contribution < 1.29 is 4.79 Å². The summed E-state index contributed by atoms with van der Waals surface area (Å²) in [5, 5.41) is 3.97. The Balaban J connectivity index is 1.42. The molecule has 0 saturated heterocycles. The molecule has 4 nitrogen and oxygen atoms in total. The standard InChI is InChI=1S/C21H24ClN3O/c22-18-6-4-17(5-7-18)21(10-2-11-21)15-24-20(26)25(19-8-9-19)14-16-3-1-12-23-13-16/h1,3-7,12-13,19H,2,8-11,14-15H2,(H,24,26). The quantitative estimate of drug-likeness (QED) is 0.813. The van der Waals surface area contributed by atoms with E-state index in [2.05, 4.69) is 22.4 Å². The SMILES string of the molecule is O=C(NCC1(c2ccc(Cl)cc2)CCC1)N(Cc1cccnc1)C1CC1. The van der Waals surface area contributed by atoms with Gasteiger partial charge in [0.1, 0.15) is 0 Å². The second-order valence-corrected chi connectivity index (χ2v) is 7.96. The molecule has 1 heterocycles. The fourth-order valence-corrected chi connectivity index (χ4v) is 3.89. The summed E-state index contributed by atoms with van der Waals surface area (Å²) < 4.78 is 0. The zero-order chi connectivity index (χ0) is 18.0. The summed E-state index contributed by atoms with van der Waals surface area (Å²) in [5.74, 6) is 0. The molecule has 2 amide bonds. The van der Waals surface area contributed by atoms with Gasteiger partial charge in [-0.25, -0.2) is 4.79 Å². The monoisotopic (exact) mass is 369 g/mol. The lowest BCUT2D eigenvalue weighted by Gasteiger charge is -2.43. The number of halogens is 1. The first-order chi connectivity index (χ1) is 12.7.